The zero-order valence-corrected chi connectivity index (χ0v) is 14.1. The molecule has 6 nitrogen and oxygen atoms in total. The second kappa shape index (κ2) is 5.72. The average Bonchev–Trinajstić information content (AvgIpc) is 3.01. The van der Waals surface area contributed by atoms with E-state index in [4.69, 9.17) is 0 Å². The normalized spacial score (nSPS) is 24.0. The van der Waals surface area contributed by atoms with Crippen LogP contribution in [0.15, 0.2) is 28.9 Å². The first-order valence-corrected chi connectivity index (χ1v) is 8.61. The third kappa shape index (κ3) is 2.57. The number of anilines is 1. The number of fused-ring (bicyclic) bond motifs is 2. The van der Waals surface area contributed by atoms with Crippen LogP contribution in [0.5, 0.6) is 0 Å². The molecule has 2 atom stereocenters. The van der Waals surface area contributed by atoms with Crippen LogP contribution in [-0.4, -0.2) is 36.1 Å². The number of benzene rings is 1. The Kier molecular flexibility index (Phi) is 3.69. The lowest BCUT2D eigenvalue weighted by atomic mass is 9.88. The smallest absolute Gasteiger partial charge is 0.311 e. The standard InChI is InChI=1S/C16H17BrN4O2/c17-12-1-2-14-13(5-12)16(15(8-19-14)21(22)23)20-4-3-10-6-18-7-11(10)9-20/h1-2,5,8,10-11,18H,3-4,6-7,9H2. The Morgan fingerprint density at radius 1 is 1.35 bits per heavy atom. The van der Waals surface area contributed by atoms with Gasteiger partial charge in [-0.05, 0) is 49.5 Å². The van der Waals surface area contributed by atoms with Gasteiger partial charge in [0, 0.05) is 22.9 Å². The SMILES string of the molecule is O=[N+]([O-])c1cnc2ccc(Br)cc2c1N1CCC2CNCC2C1. The Labute approximate surface area is 142 Å². The molecule has 0 radical (unpaired) electrons. The van der Waals surface area contributed by atoms with Gasteiger partial charge in [0.15, 0.2) is 0 Å². The van der Waals surface area contributed by atoms with E-state index in [2.05, 4.69) is 31.1 Å². The maximum Gasteiger partial charge on any atom is 0.311 e. The van der Waals surface area contributed by atoms with E-state index in [1.54, 1.807) is 0 Å². The Morgan fingerprint density at radius 3 is 3.00 bits per heavy atom. The van der Waals surface area contributed by atoms with Gasteiger partial charge in [-0.2, -0.15) is 0 Å². The number of halogens is 1. The van der Waals surface area contributed by atoms with Gasteiger partial charge in [-0.25, -0.2) is 4.98 Å². The second-order valence-corrected chi connectivity index (χ2v) is 7.24. The molecule has 3 heterocycles. The van der Waals surface area contributed by atoms with Crippen LogP contribution in [0, 0.1) is 22.0 Å². The highest BCUT2D eigenvalue weighted by Gasteiger charge is 2.35. The minimum absolute atomic E-state index is 0.0972. The van der Waals surface area contributed by atoms with Crippen LogP contribution in [0.25, 0.3) is 10.9 Å². The number of piperidine rings is 1. The second-order valence-electron chi connectivity index (χ2n) is 6.32. The van der Waals surface area contributed by atoms with Crippen molar-refractivity contribution in [3.05, 3.63) is 39.0 Å². The van der Waals surface area contributed by atoms with E-state index in [0.717, 1.165) is 48.0 Å². The Morgan fingerprint density at radius 2 is 2.17 bits per heavy atom. The van der Waals surface area contributed by atoms with Gasteiger partial charge in [0.2, 0.25) is 0 Å². The van der Waals surface area contributed by atoms with Crippen LogP contribution in [0.1, 0.15) is 6.42 Å². The predicted molar refractivity (Wildman–Crippen MR) is 92.8 cm³/mol. The molecule has 1 aromatic heterocycles. The first kappa shape index (κ1) is 14.8. The molecule has 2 saturated heterocycles. The van der Waals surface area contributed by atoms with E-state index >= 15 is 0 Å². The number of nitrogens with zero attached hydrogens (tertiary/aromatic N) is 3. The molecule has 0 amide bonds. The lowest BCUT2D eigenvalue weighted by molar-refractivity contribution is -0.384. The maximum absolute atomic E-state index is 11.5. The quantitative estimate of drug-likeness (QED) is 0.644. The molecule has 7 heteroatoms. The summed E-state index contributed by atoms with van der Waals surface area (Å²) < 4.78 is 0.908. The molecule has 0 spiro atoms. The highest BCUT2D eigenvalue weighted by Crippen LogP contribution is 2.39. The molecule has 120 valence electrons. The van der Waals surface area contributed by atoms with Crippen LogP contribution in [0.3, 0.4) is 0 Å². The van der Waals surface area contributed by atoms with Crippen molar-refractivity contribution in [2.24, 2.45) is 11.8 Å². The van der Waals surface area contributed by atoms with Crippen molar-refractivity contribution in [2.75, 3.05) is 31.1 Å². The topological polar surface area (TPSA) is 71.3 Å². The van der Waals surface area contributed by atoms with Crippen molar-refractivity contribution in [3.63, 3.8) is 0 Å². The van der Waals surface area contributed by atoms with E-state index in [1.165, 1.54) is 6.20 Å². The number of aromatic nitrogens is 1. The third-order valence-electron chi connectivity index (χ3n) is 5.00. The van der Waals surface area contributed by atoms with Crippen molar-refractivity contribution in [1.29, 1.82) is 0 Å². The molecule has 23 heavy (non-hydrogen) atoms. The van der Waals surface area contributed by atoms with Crippen molar-refractivity contribution in [3.8, 4) is 0 Å². The van der Waals surface area contributed by atoms with Gasteiger partial charge in [-0.3, -0.25) is 10.1 Å². The molecular weight excluding hydrogens is 360 g/mol. The molecule has 4 rings (SSSR count). The van der Waals surface area contributed by atoms with Crippen LogP contribution in [0.4, 0.5) is 11.4 Å². The zero-order chi connectivity index (χ0) is 16.0. The van der Waals surface area contributed by atoms with Gasteiger partial charge < -0.3 is 10.2 Å². The first-order valence-electron chi connectivity index (χ1n) is 7.82. The predicted octanol–water partition coefficient (Wildman–Crippen LogP) is 2.95. The van der Waals surface area contributed by atoms with E-state index in [0.29, 0.717) is 17.5 Å². The highest BCUT2D eigenvalue weighted by molar-refractivity contribution is 9.10. The number of nitrogens with one attached hydrogen (secondary N) is 1. The van der Waals surface area contributed by atoms with Gasteiger partial charge in [0.05, 0.1) is 10.4 Å². The van der Waals surface area contributed by atoms with Gasteiger partial charge in [-0.1, -0.05) is 15.9 Å². The van der Waals surface area contributed by atoms with Crippen LogP contribution in [0.2, 0.25) is 0 Å². The summed E-state index contributed by atoms with van der Waals surface area (Å²) in [6, 6.07) is 5.75. The summed E-state index contributed by atoms with van der Waals surface area (Å²) in [5, 5.41) is 15.8. The largest absolute Gasteiger partial charge is 0.365 e. The van der Waals surface area contributed by atoms with Crippen molar-refractivity contribution < 1.29 is 4.92 Å². The van der Waals surface area contributed by atoms with Crippen molar-refractivity contribution >= 4 is 38.2 Å². The van der Waals surface area contributed by atoms with Crippen molar-refractivity contribution in [2.45, 2.75) is 6.42 Å². The molecule has 0 bridgehead atoms. The fourth-order valence-corrected chi connectivity index (χ4v) is 4.21. The van der Waals surface area contributed by atoms with E-state index in [-0.39, 0.29) is 10.6 Å². The molecule has 0 saturated carbocycles. The van der Waals surface area contributed by atoms with E-state index < -0.39 is 0 Å². The summed E-state index contributed by atoms with van der Waals surface area (Å²) in [5.41, 5.74) is 1.60. The molecular formula is C16H17BrN4O2. The molecule has 1 N–H and O–H groups in total. The Hall–Kier alpha value is -1.73. The van der Waals surface area contributed by atoms with Crippen LogP contribution >= 0.6 is 15.9 Å². The van der Waals surface area contributed by atoms with E-state index in [1.807, 2.05) is 18.2 Å². The minimum Gasteiger partial charge on any atom is -0.365 e. The molecule has 1 aromatic carbocycles. The monoisotopic (exact) mass is 376 g/mol. The summed E-state index contributed by atoms with van der Waals surface area (Å²) in [7, 11) is 0. The number of hydrogen-bond acceptors (Lipinski definition) is 5. The lowest BCUT2D eigenvalue weighted by Crippen LogP contribution is -2.40. The molecule has 2 aliphatic rings. The summed E-state index contributed by atoms with van der Waals surface area (Å²) in [5.74, 6) is 1.27. The van der Waals surface area contributed by atoms with Crippen LogP contribution < -0.4 is 10.2 Å². The lowest BCUT2D eigenvalue weighted by Gasteiger charge is -2.36. The number of nitro groups is 1. The highest BCUT2D eigenvalue weighted by atomic mass is 79.9. The van der Waals surface area contributed by atoms with Gasteiger partial charge >= 0.3 is 5.69 Å². The fraction of sp³-hybridized carbons (Fsp3) is 0.438. The zero-order valence-electron chi connectivity index (χ0n) is 12.5. The fourth-order valence-electron chi connectivity index (χ4n) is 3.84. The molecule has 2 unspecified atom stereocenters. The number of hydrogen-bond donors (Lipinski definition) is 1. The number of rotatable bonds is 2. The third-order valence-corrected chi connectivity index (χ3v) is 5.49. The summed E-state index contributed by atoms with van der Waals surface area (Å²) >= 11 is 3.47. The van der Waals surface area contributed by atoms with E-state index in [9.17, 15) is 10.1 Å². The summed E-state index contributed by atoms with van der Waals surface area (Å²) in [6.45, 7) is 3.80. The molecule has 2 aromatic rings. The maximum atomic E-state index is 11.5. The van der Waals surface area contributed by atoms with Gasteiger partial charge in [-0.15, -0.1) is 0 Å². The Bertz CT molecular complexity index is 782. The van der Waals surface area contributed by atoms with Crippen molar-refractivity contribution in [1.82, 2.24) is 10.3 Å². The minimum atomic E-state index is -0.318. The molecule has 2 aliphatic heterocycles. The number of pyridine rings is 1. The molecule has 0 aliphatic carbocycles. The summed E-state index contributed by atoms with van der Waals surface area (Å²) in [4.78, 5) is 17.7. The Balaban J connectivity index is 1.84. The summed E-state index contributed by atoms with van der Waals surface area (Å²) in [6.07, 6.45) is 2.47. The van der Waals surface area contributed by atoms with Gasteiger partial charge in [0.25, 0.3) is 0 Å². The first-order chi connectivity index (χ1) is 11.1. The van der Waals surface area contributed by atoms with Crippen LogP contribution in [-0.2, 0) is 0 Å². The average molecular weight is 377 g/mol. The molecule has 2 fully saturated rings. The van der Waals surface area contributed by atoms with Gasteiger partial charge in [0.1, 0.15) is 11.9 Å².